The quantitative estimate of drug-likeness (QED) is 0.483. The normalized spacial score (nSPS) is 16.1. The highest BCUT2D eigenvalue weighted by Gasteiger charge is 2.38. The van der Waals surface area contributed by atoms with Crippen LogP contribution in [0.15, 0.2) is 42.5 Å². The molecule has 14 heteroatoms. The molecule has 0 spiro atoms. The molecule has 0 aromatic heterocycles. The third-order valence-corrected chi connectivity index (χ3v) is 6.34. The van der Waals surface area contributed by atoms with Crippen molar-refractivity contribution in [3.8, 4) is 5.75 Å². The van der Waals surface area contributed by atoms with Crippen LogP contribution in [-0.4, -0.2) is 84.7 Å². The number of halogens is 3. The number of carboxylic acids is 1. The summed E-state index contributed by atoms with van der Waals surface area (Å²) in [5.41, 5.74) is 8.97. The predicted molar refractivity (Wildman–Crippen MR) is 138 cm³/mol. The number of hydrogen-bond acceptors (Lipinski definition) is 7. The largest absolute Gasteiger partial charge is 0.495 e. The number of aliphatic carboxylic acids is 1. The van der Waals surface area contributed by atoms with Gasteiger partial charge in [-0.2, -0.15) is 13.2 Å². The number of methoxy groups -OCH3 is 1. The van der Waals surface area contributed by atoms with E-state index in [-0.39, 0.29) is 24.8 Å². The summed E-state index contributed by atoms with van der Waals surface area (Å²) >= 11 is 0. The maximum absolute atomic E-state index is 13.2. The Bertz CT molecular complexity index is 1230. The molecule has 216 valence electrons. The van der Waals surface area contributed by atoms with Crippen molar-refractivity contribution in [3.05, 3.63) is 59.2 Å². The first-order valence-electron chi connectivity index (χ1n) is 12.3. The highest BCUT2D eigenvalue weighted by atomic mass is 19.4. The zero-order valence-electron chi connectivity index (χ0n) is 21.7. The molecule has 4 rings (SSSR count). The number of nitrogens with two attached hydrogens (primary N) is 1. The van der Waals surface area contributed by atoms with E-state index in [1.807, 2.05) is 4.90 Å². The molecule has 2 heterocycles. The highest BCUT2D eigenvalue weighted by Crippen LogP contribution is 2.31. The van der Waals surface area contributed by atoms with Gasteiger partial charge in [0.2, 0.25) is 5.91 Å². The van der Waals surface area contributed by atoms with Gasteiger partial charge >= 0.3 is 18.2 Å². The van der Waals surface area contributed by atoms with Crippen molar-refractivity contribution in [3.63, 3.8) is 0 Å². The Morgan fingerprint density at radius 3 is 2.12 bits per heavy atom. The Labute approximate surface area is 228 Å². The standard InChI is InChI=1S/C24H29N5O4.C2HF3O2/c1-33-21-7-6-19(14-20(21)29-9-8-22(30)26-24(29)32)23(31)28-12-10-27(11-13-28)16-18-4-2-17(15-25)3-5-18;3-2(4,5)1(6)7/h2-7,14H,8-13,15-16,25H2,1H3,(H,26,30,32);(H,6,7). The summed E-state index contributed by atoms with van der Waals surface area (Å²) in [5.74, 6) is -2.68. The number of piperazine rings is 1. The van der Waals surface area contributed by atoms with Gasteiger partial charge < -0.3 is 20.5 Å². The lowest BCUT2D eigenvalue weighted by molar-refractivity contribution is -0.192. The van der Waals surface area contributed by atoms with Crippen molar-refractivity contribution >= 4 is 29.5 Å². The lowest BCUT2D eigenvalue weighted by Gasteiger charge is -2.35. The van der Waals surface area contributed by atoms with E-state index < -0.39 is 18.2 Å². The molecule has 0 bridgehead atoms. The predicted octanol–water partition coefficient (Wildman–Crippen LogP) is 2.19. The van der Waals surface area contributed by atoms with Crippen LogP contribution in [0.25, 0.3) is 0 Å². The molecule has 0 atom stereocenters. The van der Waals surface area contributed by atoms with Gasteiger partial charge in [0.05, 0.1) is 12.8 Å². The van der Waals surface area contributed by atoms with E-state index in [1.54, 1.807) is 18.2 Å². The molecule has 40 heavy (non-hydrogen) atoms. The number of carboxylic acid groups (broad SMARTS) is 1. The smallest absolute Gasteiger partial charge is 0.490 e. The van der Waals surface area contributed by atoms with Crippen molar-refractivity contribution in [1.29, 1.82) is 0 Å². The van der Waals surface area contributed by atoms with Crippen molar-refractivity contribution in [1.82, 2.24) is 15.1 Å². The molecule has 11 nitrogen and oxygen atoms in total. The zero-order valence-corrected chi connectivity index (χ0v) is 21.7. The number of benzene rings is 2. The second-order valence-corrected chi connectivity index (χ2v) is 9.03. The number of urea groups is 1. The first-order chi connectivity index (χ1) is 18.9. The number of rotatable bonds is 6. The van der Waals surface area contributed by atoms with E-state index in [0.717, 1.165) is 25.2 Å². The minimum atomic E-state index is -5.08. The Morgan fingerprint density at radius 2 is 1.60 bits per heavy atom. The Balaban J connectivity index is 0.000000559. The van der Waals surface area contributed by atoms with E-state index in [4.69, 9.17) is 20.4 Å². The average molecular weight is 566 g/mol. The van der Waals surface area contributed by atoms with Gasteiger partial charge in [-0.3, -0.25) is 24.7 Å². The van der Waals surface area contributed by atoms with Gasteiger partial charge in [0, 0.05) is 57.8 Å². The Morgan fingerprint density at radius 1 is 1.00 bits per heavy atom. The van der Waals surface area contributed by atoms with Crippen LogP contribution < -0.4 is 20.7 Å². The number of anilines is 1. The molecule has 4 amide bonds. The summed E-state index contributed by atoms with van der Waals surface area (Å²) in [6, 6.07) is 12.9. The molecule has 0 unspecified atom stereocenters. The van der Waals surface area contributed by atoms with Crippen LogP contribution in [0, 0.1) is 0 Å². The van der Waals surface area contributed by atoms with Gasteiger partial charge in [0.15, 0.2) is 0 Å². The van der Waals surface area contributed by atoms with E-state index in [9.17, 15) is 27.6 Å². The maximum atomic E-state index is 13.2. The van der Waals surface area contributed by atoms with E-state index in [1.165, 1.54) is 17.6 Å². The maximum Gasteiger partial charge on any atom is 0.490 e. The highest BCUT2D eigenvalue weighted by molar-refractivity contribution is 6.07. The molecular formula is C26H30F3N5O6. The van der Waals surface area contributed by atoms with Gasteiger partial charge in [0.1, 0.15) is 5.75 Å². The second kappa shape index (κ2) is 13.3. The van der Waals surface area contributed by atoms with E-state index in [2.05, 4.69) is 34.5 Å². The Hall–Kier alpha value is -4.17. The van der Waals surface area contributed by atoms with Crippen molar-refractivity contribution in [2.45, 2.75) is 25.7 Å². The number of alkyl halides is 3. The minimum absolute atomic E-state index is 0.0839. The summed E-state index contributed by atoms with van der Waals surface area (Å²) in [5, 5.41) is 9.43. The first-order valence-corrected chi connectivity index (χ1v) is 12.3. The van der Waals surface area contributed by atoms with Gasteiger partial charge in [-0.05, 0) is 29.3 Å². The van der Waals surface area contributed by atoms with Crippen molar-refractivity contribution < 1.29 is 42.2 Å². The SMILES string of the molecule is COc1ccc(C(=O)N2CCN(Cc3ccc(CN)cc3)CC2)cc1N1CCC(=O)NC1=O.O=C(O)C(F)(F)F. The zero-order chi connectivity index (χ0) is 29.4. The fraction of sp³-hybridized carbons (Fsp3) is 0.385. The fourth-order valence-corrected chi connectivity index (χ4v) is 4.16. The van der Waals surface area contributed by atoms with Gasteiger partial charge in [-0.25, -0.2) is 9.59 Å². The summed E-state index contributed by atoms with van der Waals surface area (Å²) < 4.78 is 37.1. The van der Waals surface area contributed by atoms with Crippen LogP contribution >= 0.6 is 0 Å². The minimum Gasteiger partial charge on any atom is -0.495 e. The molecule has 0 saturated carbocycles. The lowest BCUT2D eigenvalue weighted by atomic mass is 10.1. The molecule has 2 aliphatic rings. The number of imide groups is 1. The van der Waals surface area contributed by atoms with Crippen molar-refractivity contribution in [2.24, 2.45) is 5.73 Å². The number of nitrogens with zero attached hydrogens (tertiary/aromatic N) is 3. The number of hydrogen-bond donors (Lipinski definition) is 3. The molecule has 0 radical (unpaired) electrons. The molecule has 2 saturated heterocycles. The Kier molecular flexibility index (Phi) is 10.1. The molecule has 2 aliphatic heterocycles. The topological polar surface area (TPSA) is 146 Å². The number of nitrogens with one attached hydrogen (secondary N) is 1. The van der Waals surface area contributed by atoms with Crippen LogP contribution in [0.2, 0.25) is 0 Å². The molecule has 2 aromatic rings. The number of carbonyl (C=O) groups is 4. The molecule has 4 N–H and O–H groups in total. The molecule has 2 aromatic carbocycles. The second-order valence-electron chi connectivity index (χ2n) is 9.03. The van der Waals surface area contributed by atoms with Crippen LogP contribution in [0.4, 0.5) is 23.7 Å². The van der Waals surface area contributed by atoms with Gasteiger partial charge in [-0.15, -0.1) is 0 Å². The molecule has 2 fully saturated rings. The lowest BCUT2D eigenvalue weighted by Crippen LogP contribution is -2.50. The third-order valence-electron chi connectivity index (χ3n) is 6.34. The third kappa shape index (κ3) is 7.93. The van der Waals surface area contributed by atoms with Crippen LogP contribution in [0.5, 0.6) is 5.75 Å². The van der Waals surface area contributed by atoms with Gasteiger partial charge in [-0.1, -0.05) is 24.3 Å². The average Bonchev–Trinajstić information content (AvgIpc) is 2.93. The number of carbonyl (C=O) groups excluding carboxylic acids is 3. The summed E-state index contributed by atoms with van der Waals surface area (Å²) in [6.07, 6.45) is -4.88. The molecule has 0 aliphatic carbocycles. The van der Waals surface area contributed by atoms with E-state index >= 15 is 0 Å². The van der Waals surface area contributed by atoms with Crippen LogP contribution in [0.1, 0.15) is 27.9 Å². The van der Waals surface area contributed by atoms with E-state index in [0.29, 0.717) is 36.6 Å². The van der Waals surface area contributed by atoms with Gasteiger partial charge in [0.25, 0.3) is 5.91 Å². The number of ether oxygens (including phenoxy) is 1. The fourth-order valence-electron chi connectivity index (χ4n) is 4.16. The summed E-state index contributed by atoms with van der Waals surface area (Å²) in [7, 11) is 1.51. The summed E-state index contributed by atoms with van der Waals surface area (Å²) in [4.78, 5) is 51.5. The van der Waals surface area contributed by atoms with Crippen LogP contribution in [-0.2, 0) is 22.7 Å². The summed E-state index contributed by atoms with van der Waals surface area (Å²) in [6.45, 7) is 4.42. The number of amides is 4. The molecular weight excluding hydrogens is 535 g/mol. The first kappa shape index (κ1) is 30.4. The van der Waals surface area contributed by atoms with Crippen molar-refractivity contribution in [2.75, 3.05) is 44.7 Å². The monoisotopic (exact) mass is 565 g/mol. The van der Waals surface area contributed by atoms with Crippen LogP contribution in [0.3, 0.4) is 0 Å².